The van der Waals surface area contributed by atoms with E-state index in [4.69, 9.17) is 23.2 Å². The first-order chi connectivity index (χ1) is 12.3. The van der Waals surface area contributed by atoms with Gasteiger partial charge in [0, 0.05) is 34.4 Å². The predicted octanol–water partition coefficient (Wildman–Crippen LogP) is 4.17. The molecule has 2 aromatic carbocycles. The van der Waals surface area contributed by atoms with E-state index in [-0.39, 0.29) is 11.7 Å². The van der Waals surface area contributed by atoms with Crippen molar-refractivity contribution in [2.75, 3.05) is 18.4 Å². The first-order valence-corrected chi connectivity index (χ1v) is 10.5. The molecule has 1 saturated heterocycles. The normalized spacial score (nSPS) is 15.2. The van der Waals surface area contributed by atoms with E-state index >= 15 is 0 Å². The summed E-state index contributed by atoms with van der Waals surface area (Å²) in [5.41, 5.74) is 1.57. The molecule has 0 spiro atoms. The summed E-state index contributed by atoms with van der Waals surface area (Å²) in [6.45, 7) is 1.18. The summed E-state index contributed by atoms with van der Waals surface area (Å²) in [4.78, 5) is 12.3. The summed E-state index contributed by atoms with van der Waals surface area (Å²) in [7, 11) is -3.30. The molecule has 0 aromatic heterocycles. The maximum absolute atomic E-state index is 12.3. The van der Waals surface area contributed by atoms with Gasteiger partial charge in [-0.2, -0.15) is 0 Å². The number of amides is 1. The van der Waals surface area contributed by atoms with Crippen LogP contribution < -0.4 is 5.32 Å². The Bertz CT molecular complexity index is 888. The van der Waals surface area contributed by atoms with Crippen LogP contribution in [0, 0.1) is 0 Å². The first-order valence-electron chi connectivity index (χ1n) is 8.18. The van der Waals surface area contributed by atoms with E-state index in [0.717, 1.165) is 12.8 Å². The molecule has 8 heteroatoms. The molecule has 0 atom stereocenters. The molecule has 1 aliphatic rings. The zero-order valence-corrected chi connectivity index (χ0v) is 16.2. The molecule has 1 fully saturated rings. The van der Waals surface area contributed by atoms with Gasteiger partial charge < -0.3 is 5.32 Å². The minimum Gasteiger partial charge on any atom is -0.322 e. The number of rotatable bonds is 5. The molecule has 2 aromatic rings. The van der Waals surface area contributed by atoms with Crippen molar-refractivity contribution in [2.45, 2.75) is 18.6 Å². The van der Waals surface area contributed by atoms with Gasteiger partial charge in [0.05, 0.1) is 5.75 Å². The van der Waals surface area contributed by atoms with Crippen LogP contribution in [0.4, 0.5) is 5.69 Å². The number of halogens is 2. The molecule has 0 aliphatic carbocycles. The standard InChI is InChI=1S/C18H18Cl2N2O3S/c19-15-9-16(20)11-17(10-15)21-18(23)14-5-3-13(4-6-14)12-26(24,25)22-7-1-2-8-22/h3-6,9-11H,1-2,7-8,12H2,(H,21,23). The Morgan fingerprint density at radius 3 is 2.15 bits per heavy atom. The van der Waals surface area contributed by atoms with Gasteiger partial charge in [-0.1, -0.05) is 35.3 Å². The first kappa shape index (κ1) is 19.2. The van der Waals surface area contributed by atoms with Crippen LogP contribution in [-0.2, 0) is 15.8 Å². The van der Waals surface area contributed by atoms with Crippen LogP contribution in [-0.4, -0.2) is 31.7 Å². The summed E-state index contributed by atoms with van der Waals surface area (Å²) in [6, 6.07) is 11.3. The minimum atomic E-state index is -3.30. The Hall–Kier alpha value is -1.60. The zero-order valence-electron chi connectivity index (χ0n) is 13.9. The third kappa shape index (κ3) is 4.76. The monoisotopic (exact) mass is 412 g/mol. The van der Waals surface area contributed by atoms with Crippen molar-refractivity contribution < 1.29 is 13.2 Å². The highest BCUT2D eigenvalue weighted by Gasteiger charge is 2.25. The molecular formula is C18H18Cl2N2O3S. The van der Waals surface area contributed by atoms with Gasteiger partial charge in [0.2, 0.25) is 10.0 Å². The van der Waals surface area contributed by atoms with Gasteiger partial charge in [0.15, 0.2) is 0 Å². The fourth-order valence-corrected chi connectivity index (χ4v) is 4.99. The fourth-order valence-electron chi connectivity index (χ4n) is 2.85. The number of hydrogen-bond acceptors (Lipinski definition) is 3. The topological polar surface area (TPSA) is 66.5 Å². The van der Waals surface area contributed by atoms with Crippen molar-refractivity contribution in [1.82, 2.24) is 4.31 Å². The van der Waals surface area contributed by atoms with Crippen molar-refractivity contribution in [2.24, 2.45) is 0 Å². The average Bonchev–Trinajstić information content (AvgIpc) is 3.09. The Balaban J connectivity index is 1.67. The number of carbonyl (C=O) groups is 1. The fraction of sp³-hybridized carbons (Fsp3) is 0.278. The Morgan fingerprint density at radius 1 is 1.00 bits per heavy atom. The lowest BCUT2D eigenvalue weighted by Gasteiger charge is -2.15. The van der Waals surface area contributed by atoms with E-state index in [1.165, 1.54) is 4.31 Å². The number of nitrogens with one attached hydrogen (secondary N) is 1. The molecule has 0 unspecified atom stereocenters. The third-order valence-electron chi connectivity index (χ3n) is 4.14. The summed E-state index contributed by atoms with van der Waals surface area (Å²) in [5, 5.41) is 3.57. The lowest BCUT2D eigenvalue weighted by Crippen LogP contribution is -2.29. The molecule has 3 rings (SSSR count). The second kappa shape index (κ2) is 7.96. The number of benzene rings is 2. The van der Waals surface area contributed by atoms with Gasteiger partial charge in [-0.3, -0.25) is 4.79 Å². The average molecular weight is 413 g/mol. The third-order valence-corrected chi connectivity index (χ3v) is 6.43. The van der Waals surface area contributed by atoms with Crippen LogP contribution in [0.25, 0.3) is 0 Å². The van der Waals surface area contributed by atoms with E-state index < -0.39 is 10.0 Å². The maximum Gasteiger partial charge on any atom is 0.255 e. The van der Waals surface area contributed by atoms with Crippen molar-refractivity contribution in [1.29, 1.82) is 0 Å². The van der Waals surface area contributed by atoms with Crippen molar-refractivity contribution in [3.8, 4) is 0 Å². The minimum absolute atomic E-state index is 0.0567. The van der Waals surface area contributed by atoms with E-state index in [1.54, 1.807) is 42.5 Å². The van der Waals surface area contributed by atoms with E-state index in [0.29, 0.717) is 39.9 Å². The van der Waals surface area contributed by atoms with Gasteiger partial charge in [0.25, 0.3) is 5.91 Å². The quantitative estimate of drug-likeness (QED) is 0.800. The second-order valence-corrected chi connectivity index (χ2v) is 9.01. The van der Waals surface area contributed by atoms with E-state index in [1.807, 2.05) is 0 Å². The molecule has 0 radical (unpaired) electrons. The summed E-state index contributed by atoms with van der Waals surface area (Å²) in [5.74, 6) is -0.379. The molecule has 0 saturated carbocycles. The zero-order chi connectivity index (χ0) is 18.7. The number of sulfonamides is 1. The van der Waals surface area contributed by atoms with Crippen molar-refractivity contribution in [3.63, 3.8) is 0 Å². The largest absolute Gasteiger partial charge is 0.322 e. The smallest absolute Gasteiger partial charge is 0.255 e. The van der Waals surface area contributed by atoms with Crippen LogP contribution in [0.3, 0.4) is 0 Å². The summed E-state index contributed by atoms with van der Waals surface area (Å²) in [6.07, 6.45) is 1.82. The van der Waals surface area contributed by atoms with Crippen LogP contribution in [0.1, 0.15) is 28.8 Å². The highest BCUT2D eigenvalue weighted by atomic mass is 35.5. The number of nitrogens with zero attached hydrogens (tertiary/aromatic N) is 1. The van der Waals surface area contributed by atoms with E-state index in [2.05, 4.69) is 5.32 Å². The van der Waals surface area contributed by atoms with Crippen molar-refractivity contribution >= 4 is 44.8 Å². The molecular weight excluding hydrogens is 395 g/mol. The highest BCUT2D eigenvalue weighted by molar-refractivity contribution is 7.88. The number of hydrogen-bond donors (Lipinski definition) is 1. The lowest BCUT2D eigenvalue weighted by atomic mass is 10.1. The predicted molar refractivity (Wildman–Crippen MR) is 104 cm³/mol. The highest BCUT2D eigenvalue weighted by Crippen LogP contribution is 2.23. The molecule has 0 bridgehead atoms. The lowest BCUT2D eigenvalue weighted by molar-refractivity contribution is 0.102. The Kier molecular flexibility index (Phi) is 5.87. The number of carbonyl (C=O) groups excluding carboxylic acids is 1. The molecule has 26 heavy (non-hydrogen) atoms. The molecule has 1 heterocycles. The van der Waals surface area contributed by atoms with Crippen LogP contribution in [0.2, 0.25) is 10.0 Å². The van der Waals surface area contributed by atoms with Gasteiger partial charge in [-0.05, 0) is 48.7 Å². The maximum atomic E-state index is 12.3. The van der Waals surface area contributed by atoms with Gasteiger partial charge in [0.1, 0.15) is 0 Å². The van der Waals surface area contributed by atoms with Crippen LogP contribution >= 0.6 is 23.2 Å². The summed E-state index contributed by atoms with van der Waals surface area (Å²) >= 11 is 11.8. The van der Waals surface area contributed by atoms with E-state index in [9.17, 15) is 13.2 Å². The SMILES string of the molecule is O=C(Nc1cc(Cl)cc(Cl)c1)c1ccc(CS(=O)(=O)N2CCCC2)cc1. The molecule has 5 nitrogen and oxygen atoms in total. The number of anilines is 1. The van der Waals surface area contributed by atoms with Gasteiger partial charge >= 0.3 is 0 Å². The van der Waals surface area contributed by atoms with Crippen LogP contribution in [0.5, 0.6) is 0 Å². The molecule has 1 aliphatic heterocycles. The van der Waals surface area contributed by atoms with Gasteiger partial charge in [-0.15, -0.1) is 0 Å². The molecule has 138 valence electrons. The molecule has 1 N–H and O–H groups in total. The van der Waals surface area contributed by atoms with Crippen molar-refractivity contribution in [3.05, 3.63) is 63.6 Å². The second-order valence-electron chi connectivity index (χ2n) is 6.17. The summed E-state index contributed by atoms with van der Waals surface area (Å²) < 4.78 is 26.2. The van der Waals surface area contributed by atoms with Crippen LogP contribution in [0.15, 0.2) is 42.5 Å². The van der Waals surface area contributed by atoms with Gasteiger partial charge in [-0.25, -0.2) is 12.7 Å². The Labute approximate surface area is 163 Å². The Morgan fingerprint density at radius 2 is 1.58 bits per heavy atom. The molecule has 1 amide bonds.